The fraction of sp³-hybridized carbons (Fsp3) is 0.318. The molecule has 172 valence electrons. The van der Waals surface area contributed by atoms with Crippen molar-refractivity contribution in [3.63, 3.8) is 0 Å². The van der Waals surface area contributed by atoms with Crippen LogP contribution in [-0.2, 0) is 9.53 Å². The summed E-state index contributed by atoms with van der Waals surface area (Å²) in [7, 11) is 2.79. The highest BCUT2D eigenvalue weighted by Crippen LogP contribution is 2.25. The van der Waals surface area contributed by atoms with Crippen LogP contribution in [0.4, 0.5) is 4.79 Å². The zero-order valence-corrected chi connectivity index (χ0v) is 18.2. The maximum atomic E-state index is 12.8. The van der Waals surface area contributed by atoms with Crippen molar-refractivity contribution in [2.45, 2.75) is 19.4 Å². The van der Waals surface area contributed by atoms with Gasteiger partial charge in [0.25, 0.3) is 0 Å². The number of nitrogens with zero attached hydrogens (tertiary/aromatic N) is 2. The van der Waals surface area contributed by atoms with E-state index in [-0.39, 0.29) is 25.4 Å². The molecule has 1 atom stereocenters. The van der Waals surface area contributed by atoms with Gasteiger partial charge in [-0.15, -0.1) is 0 Å². The molecule has 10 heteroatoms. The predicted octanol–water partition coefficient (Wildman–Crippen LogP) is 2.95. The first kappa shape index (κ1) is 24.3. The van der Waals surface area contributed by atoms with Crippen LogP contribution in [0.25, 0.3) is 0 Å². The van der Waals surface area contributed by atoms with Crippen molar-refractivity contribution < 1.29 is 33.7 Å². The Morgan fingerprint density at radius 2 is 1.62 bits per heavy atom. The van der Waals surface area contributed by atoms with E-state index in [4.69, 9.17) is 29.9 Å². The van der Waals surface area contributed by atoms with Gasteiger partial charge in [0.05, 0.1) is 26.9 Å². The van der Waals surface area contributed by atoms with Crippen LogP contribution in [-0.4, -0.2) is 55.4 Å². The molecule has 2 aromatic rings. The molecule has 0 aliphatic carbocycles. The van der Waals surface area contributed by atoms with Gasteiger partial charge >= 0.3 is 12.1 Å². The summed E-state index contributed by atoms with van der Waals surface area (Å²) in [6, 6.07) is 13.0. The second-order valence-corrected chi connectivity index (χ2v) is 6.68. The Bertz CT molecular complexity index is 914. The summed E-state index contributed by atoms with van der Waals surface area (Å²) in [5.41, 5.74) is 6.16. The molecule has 0 spiro atoms. The number of esters is 1. The highest BCUT2D eigenvalue weighted by molar-refractivity contribution is 5.80. The van der Waals surface area contributed by atoms with Gasteiger partial charge in [0.15, 0.2) is 0 Å². The largest absolute Gasteiger partial charge is 0.497 e. The number of amidine groups is 1. The van der Waals surface area contributed by atoms with Crippen molar-refractivity contribution in [1.29, 1.82) is 0 Å². The van der Waals surface area contributed by atoms with E-state index >= 15 is 0 Å². The third-order valence-corrected chi connectivity index (χ3v) is 4.61. The van der Waals surface area contributed by atoms with E-state index in [1.54, 1.807) is 55.5 Å². The number of hydrogen-bond acceptors (Lipinski definition) is 8. The third-order valence-electron chi connectivity index (χ3n) is 4.61. The number of amides is 1. The first-order valence-electron chi connectivity index (χ1n) is 9.76. The molecule has 0 heterocycles. The summed E-state index contributed by atoms with van der Waals surface area (Å²) in [5, 5.41) is 11.4. The second-order valence-electron chi connectivity index (χ2n) is 6.68. The molecule has 0 unspecified atom stereocenters. The molecule has 3 N–H and O–H groups in total. The summed E-state index contributed by atoms with van der Waals surface area (Å²) in [6.07, 6.45) is -0.425. The Kier molecular flexibility index (Phi) is 9.15. The summed E-state index contributed by atoms with van der Waals surface area (Å²) in [5.74, 6) is 1.01. The quantitative estimate of drug-likeness (QED) is 0.187. The van der Waals surface area contributed by atoms with Crippen LogP contribution < -0.4 is 19.9 Å². The van der Waals surface area contributed by atoms with Crippen molar-refractivity contribution in [3.8, 4) is 17.2 Å². The number of oxime groups is 1. The van der Waals surface area contributed by atoms with Crippen molar-refractivity contribution in [2.24, 2.45) is 10.9 Å². The maximum Gasteiger partial charge on any atom is 0.416 e. The van der Waals surface area contributed by atoms with Crippen LogP contribution in [0.5, 0.6) is 17.2 Å². The van der Waals surface area contributed by atoms with Crippen molar-refractivity contribution >= 4 is 17.9 Å². The van der Waals surface area contributed by atoms with E-state index < -0.39 is 18.1 Å². The molecule has 32 heavy (non-hydrogen) atoms. The van der Waals surface area contributed by atoms with Crippen molar-refractivity contribution in [2.75, 3.05) is 27.4 Å². The predicted molar refractivity (Wildman–Crippen MR) is 116 cm³/mol. The molecular formula is C22H27N3O7. The number of benzene rings is 2. The van der Waals surface area contributed by atoms with Crippen molar-refractivity contribution in [3.05, 3.63) is 54.1 Å². The topological polar surface area (TPSA) is 133 Å². The molecule has 0 aromatic heterocycles. The van der Waals surface area contributed by atoms with Crippen LogP contribution in [0, 0.1) is 0 Å². The van der Waals surface area contributed by atoms with E-state index in [0.717, 1.165) is 5.56 Å². The van der Waals surface area contributed by atoms with Gasteiger partial charge in [0, 0.05) is 6.42 Å². The smallest absolute Gasteiger partial charge is 0.416 e. The van der Waals surface area contributed by atoms with E-state index in [9.17, 15) is 9.59 Å². The van der Waals surface area contributed by atoms with Gasteiger partial charge in [-0.3, -0.25) is 9.69 Å². The van der Waals surface area contributed by atoms with E-state index in [1.165, 1.54) is 19.1 Å². The molecule has 0 bridgehead atoms. The zero-order valence-electron chi connectivity index (χ0n) is 18.2. The molecule has 1 amide bonds. The van der Waals surface area contributed by atoms with Gasteiger partial charge in [0.1, 0.15) is 29.6 Å². The Hall–Kier alpha value is -3.95. The summed E-state index contributed by atoms with van der Waals surface area (Å²) in [6.45, 7) is 1.73. The van der Waals surface area contributed by atoms with E-state index in [1.807, 2.05) is 0 Å². The van der Waals surface area contributed by atoms with E-state index in [0.29, 0.717) is 17.2 Å². The van der Waals surface area contributed by atoms with E-state index in [2.05, 4.69) is 5.16 Å². The molecule has 0 radical (unpaired) electrons. The fourth-order valence-corrected chi connectivity index (χ4v) is 2.71. The minimum Gasteiger partial charge on any atom is -0.497 e. The lowest BCUT2D eigenvalue weighted by Gasteiger charge is -2.27. The zero-order chi connectivity index (χ0) is 23.5. The molecule has 0 saturated carbocycles. The standard InChI is InChI=1S/C22H27N3O7/c1-15(16-4-6-18(7-5-16)31-13-12-20(23)24-28)25(14-21(26)30-3)22(27)32-19-10-8-17(29-2)9-11-19/h4-11,15,28H,12-14H2,1-3H3,(H2,23,24)/t15-/m0/s1. The van der Waals surface area contributed by atoms with Crippen LogP contribution in [0.2, 0.25) is 0 Å². The molecule has 2 rings (SSSR count). The molecular weight excluding hydrogens is 418 g/mol. The average Bonchev–Trinajstić information content (AvgIpc) is 2.82. The molecule has 10 nitrogen and oxygen atoms in total. The van der Waals surface area contributed by atoms with Crippen LogP contribution >= 0.6 is 0 Å². The first-order chi connectivity index (χ1) is 15.4. The molecule has 0 fully saturated rings. The number of hydrogen-bond donors (Lipinski definition) is 2. The minimum atomic E-state index is -0.702. The number of carbonyl (C=O) groups excluding carboxylic acids is 2. The Balaban J connectivity index is 2.10. The fourth-order valence-electron chi connectivity index (χ4n) is 2.71. The first-order valence-corrected chi connectivity index (χ1v) is 9.76. The molecule has 0 aliphatic rings. The van der Waals surface area contributed by atoms with Gasteiger partial charge in [0.2, 0.25) is 0 Å². The Morgan fingerprint density at radius 1 is 1.03 bits per heavy atom. The van der Waals surface area contributed by atoms with Crippen LogP contribution in [0.3, 0.4) is 0 Å². The second kappa shape index (κ2) is 12.0. The summed E-state index contributed by atoms with van der Waals surface area (Å²) in [4.78, 5) is 26.0. The maximum absolute atomic E-state index is 12.8. The SMILES string of the molecule is COC(=O)CN(C(=O)Oc1ccc(OC)cc1)[C@@H](C)c1ccc(OCC/C(N)=N/O)cc1. The Morgan fingerprint density at radius 3 is 2.19 bits per heavy atom. The van der Waals surface area contributed by atoms with Crippen molar-refractivity contribution in [1.82, 2.24) is 4.90 Å². The highest BCUT2D eigenvalue weighted by atomic mass is 16.6. The van der Waals surface area contributed by atoms with Gasteiger partial charge in [-0.2, -0.15) is 0 Å². The number of rotatable bonds is 10. The number of methoxy groups -OCH3 is 2. The monoisotopic (exact) mass is 445 g/mol. The normalized spacial score (nSPS) is 11.9. The molecule has 0 saturated heterocycles. The third kappa shape index (κ3) is 7.08. The number of nitrogens with two attached hydrogens (primary N) is 1. The van der Waals surface area contributed by atoms with Gasteiger partial charge in [-0.1, -0.05) is 17.3 Å². The van der Waals surface area contributed by atoms with Gasteiger partial charge in [-0.25, -0.2) is 4.79 Å². The van der Waals surface area contributed by atoms with Crippen LogP contribution in [0.15, 0.2) is 53.7 Å². The number of carbonyl (C=O) groups is 2. The minimum absolute atomic E-state index is 0.0732. The lowest BCUT2D eigenvalue weighted by atomic mass is 10.1. The van der Waals surface area contributed by atoms with Gasteiger partial charge < -0.3 is 29.9 Å². The van der Waals surface area contributed by atoms with Gasteiger partial charge in [-0.05, 0) is 48.9 Å². The van der Waals surface area contributed by atoms with Crippen LogP contribution in [0.1, 0.15) is 24.9 Å². The average molecular weight is 445 g/mol. The highest BCUT2D eigenvalue weighted by Gasteiger charge is 2.26. The summed E-state index contributed by atoms with van der Waals surface area (Å²) < 4.78 is 20.8. The Labute approximate surface area is 186 Å². The lowest BCUT2D eigenvalue weighted by Crippen LogP contribution is -2.40. The molecule has 2 aromatic carbocycles. The number of ether oxygens (including phenoxy) is 4. The lowest BCUT2D eigenvalue weighted by molar-refractivity contribution is -0.141. The molecule has 0 aliphatic heterocycles. The summed E-state index contributed by atoms with van der Waals surface area (Å²) >= 11 is 0.